The third-order valence-electron chi connectivity index (χ3n) is 4.38. The Hall–Kier alpha value is -1.53. The lowest BCUT2D eigenvalue weighted by atomic mass is 10.1. The fourth-order valence-electron chi connectivity index (χ4n) is 1.97. The van der Waals surface area contributed by atoms with Crippen molar-refractivity contribution in [1.29, 1.82) is 0 Å². The van der Waals surface area contributed by atoms with E-state index in [0.29, 0.717) is 11.5 Å². The summed E-state index contributed by atoms with van der Waals surface area (Å²) in [5, 5.41) is 9.25. The first-order chi connectivity index (χ1) is 10.5. The van der Waals surface area contributed by atoms with Crippen molar-refractivity contribution in [3.8, 4) is 11.5 Å². The molecule has 0 fully saturated rings. The summed E-state index contributed by atoms with van der Waals surface area (Å²) < 4.78 is 16.9. The molecule has 0 aromatic heterocycles. The highest BCUT2D eigenvalue weighted by Crippen LogP contribution is 2.41. The highest BCUT2D eigenvalue weighted by Gasteiger charge is 2.40. The number of rotatable bonds is 7. The second-order valence-corrected chi connectivity index (χ2v) is 11.8. The fourth-order valence-corrected chi connectivity index (χ4v) is 3.26. The van der Waals surface area contributed by atoms with Crippen molar-refractivity contribution >= 4 is 14.3 Å². The van der Waals surface area contributed by atoms with E-state index in [2.05, 4.69) is 33.9 Å². The molecule has 1 aromatic carbocycles. The van der Waals surface area contributed by atoms with Gasteiger partial charge >= 0.3 is 5.97 Å². The van der Waals surface area contributed by atoms with E-state index < -0.39 is 20.4 Å². The Bertz CT molecular complexity index is 548. The van der Waals surface area contributed by atoms with Crippen molar-refractivity contribution in [2.24, 2.45) is 0 Å². The maximum absolute atomic E-state index is 11.3. The van der Waals surface area contributed by atoms with Gasteiger partial charge in [0, 0.05) is 0 Å². The summed E-state index contributed by atoms with van der Waals surface area (Å²) in [7, 11) is 1.02. The predicted molar refractivity (Wildman–Crippen MR) is 92.8 cm³/mol. The minimum Gasteiger partial charge on any atom is -0.493 e. The maximum atomic E-state index is 11.3. The number of hydrogen-bond acceptors (Lipinski definition) is 4. The van der Waals surface area contributed by atoms with Crippen LogP contribution in [0.5, 0.6) is 11.5 Å². The van der Waals surface area contributed by atoms with Crippen molar-refractivity contribution in [1.82, 2.24) is 0 Å². The molecule has 6 heteroatoms. The van der Waals surface area contributed by atoms with Crippen LogP contribution in [0.15, 0.2) is 18.2 Å². The molecule has 0 amide bonds. The van der Waals surface area contributed by atoms with Crippen molar-refractivity contribution in [2.45, 2.75) is 51.4 Å². The average Bonchev–Trinajstić information content (AvgIpc) is 2.43. The Kier molecular flexibility index (Phi) is 6.24. The zero-order valence-electron chi connectivity index (χ0n) is 15.1. The first kappa shape index (κ1) is 19.5. The van der Waals surface area contributed by atoms with Crippen LogP contribution in [-0.2, 0) is 9.22 Å². The average molecular weight is 340 g/mol. The van der Waals surface area contributed by atoms with E-state index in [-0.39, 0.29) is 11.5 Å². The van der Waals surface area contributed by atoms with Crippen LogP contribution >= 0.6 is 0 Å². The summed E-state index contributed by atoms with van der Waals surface area (Å²) >= 11 is 0. The molecule has 0 saturated heterocycles. The topological polar surface area (TPSA) is 65.0 Å². The number of aliphatic carboxylic acids is 1. The molecule has 0 aliphatic carbocycles. The van der Waals surface area contributed by atoms with Crippen LogP contribution in [0.4, 0.5) is 0 Å². The Labute approximate surface area is 139 Å². The second kappa shape index (κ2) is 7.36. The Morgan fingerprint density at radius 1 is 1.17 bits per heavy atom. The fraction of sp³-hybridized carbons (Fsp3) is 0.588. The summed E-state index contributed by atoms with van der Waals surface area (Å²) in [4.78, 5) is 11.3. The molecule has 0 saturated carbocycles. The normalized spacial score (nSPS) is 13.5. The number of carbonyl (C=O) groups is 1. The van der Waals surface area contributed by atoms with Crippen molar-refractivity contribution in [3.05, 3.63) is 23.8 Å². The molecule has 0 radical (unpaired) electrons. The Morgan fingerprint density at radius 3 is 2.17 bits per heavy atom. The van der Waals surface area contributed by atoms with E-state index in [4.69, 9.17) is 13.9 Å². The molecule has 130 valence electrons. The van der Waals surface area contributed by atoms with Gasteiger partial charge in [-0.15, -0.1) is 0 Å². The molecule has 1 atom stereocenters. The second-order valence-electron chi connectivity index (χ2n) is 7.08. The smallest absolute Gasteiger partial charge is 0.306 e. The van der Waals surface area contributed by atoms with Crippen LogP contribution < -0.4 is 9.47 Å². The molecule has 0 heterocycles. The van der Waals surface area contributed by atoms with Gasteiger partial charge in [0.25, 0.3) is 0 Å². The number of ether oxygens (including phenoxy) is 2. The monoisotopic (exact) mass is 340 g/mol. The Balaban J connectivity index is 3.19. The summed E-state index contributed by atoms with van der Waals surface area (Å²) in [6, 6.07) is 5.40. The first-order valence-corrected chi connectivity index (χ1v) is 10.5. The third kappa shape index (κ3) is 4.97. The molecular formula is C17H28O5Si. The molecule has 0 spiro atoms. The van der Waals surface area contributed by atoms with Crippen LogP contribution in [0, 0.1) is 0 Å². The van der Waals surface area contributed by atoms with E-state index in [0.717, 1.165) is 5.56 Å². The minimum atomic E-state index is -2.10. The van der Waals surface area contributed by atoms with Crippen LogP contribution in [0.3, 0.4) is 0 Å². The summed E-state index contributed by atoms with van der Waals surface area (Å²) in [5.41, 5.74) is 0.787. The van der Waals surface area contributed by atoms with E-state index in [1.807, 2.05) is 6.07 Å². The lowest BCUT2D eigenvalue weighted by Gasteiger charge is -2.39. The van der Waals surface area contributed by atoms with Gasteiger partial charge in [-0.05, 0) is 35.8 Å². The molecule has 1 aromatic rings. The largest absolute Gasteiger partial charge is 0.493 e. The molecule has 0 unspecified atom stereocenters. The van der Waals surface area contributed by atoms with Gasteiger partial charge in [-0.2, -0.15) is 0 Å². The Morgan fingerprint density at radius 2 is 1.74 bits per heavy atom. The molecule has 5 nitrogen and oxygen atoms in total. The highest BCUT2D eigenvalue weighted by molar-refractivity contribution is 6.74. The lowest BCUT2D eigenvalue weighted by molar-refractivity contribution is -0.139. The number of carboxylic acids is 1. The molecule has 0 aliphatic heterocycles. The highest BCUT2D eigenvalue weighted by atomic mass is 28.4. The summed E-state index contributed by atoms with van der Waals surface area (Å²) in [6.07, 6.45) is -0.588. The molecule has 0 aliphatic rings. The van der Waals surface area contributed by atoms with Crippen molar-refractivity contribution < 1.29 is 23.8 Å². The maximum Gasteiger partial charge on any atom is 0.306 e. The van der Waals surface area contributed by atoms with Crippen LogP contribution in [-0.4, -0.2) is 33.6 Å². The van der Waals surface area contributed by atoms with Gasteiger partial charge < -0.3 is 19.0 Å². The van der Waals surface area contributed by atoms with Gasteiger partial charge in [0.1, 0.15) is 0 Å². The van der Waals surface area contributed by atoms with Gasteiger partial charge in [0.05, 0.1) is 26.7 Å². The number of benzene rings is 1. The minimum absolute atomic E-state index is 0.000308. The van der Waals surface area contributed by atoms with Crippen molar-refractivity contribution in [3.63, 3.8) is 0 Å². The summed E-state index contributed by atoms with van der Waals surface area (Å²) in [6.45, 7) is 10.6. The van der Waals surface area contributed by atoms with E-state index >= 15 is 0 Å². The van der Waals surface area contributed by atoms with Gasteiger partial charge in [-0.25, -0.2) is 0 Å². The van der Waals surface area contributed by atoms with Gasteiger partial charge in [-0.3, -0.25) is 4.79 Å². The predicted octanol–water partition coefficient (Wildman–Crippen LogP) is 4.24. The SMILES string of the molecule is COc1ccc([C@H](CC(=O)O)O[Si](C)(C)C(C)(C)C)cc1OC. The van der Waals surface area contributed by atoms with Crippen LogP contribution in [0.1, 0.15) is 38.9 Å². The summed E-state index contributed by atoms with van der Waals surface area (Å²) in [5.74, 6) is 0.292. The van der Waals surface area contributed by atoms with E-state index in [9.17, 15) is 9.90 Å². The first-order valence-electron chi connectivity index (χ1n) is 7.63. The lowest BCUT2D eigenvalue weighted by Crippen LogP contribution is -2.42. The van der Waals surface area contributed by atoms with Crippen LogP contribution in [0.25, 0.3) is 0 Å². The van der Waals surface area contributed by atoms with Gasteiger partial charge in [0.2, 0.25) is 0 Å². The molecular weight excluding hydrogens is 312 g/mol. The van der Waals surface area contributed by atoms with Crippen molar-refractivity contribution in [2.75, 3.05) is 14.2 Å². The standard InChI is InChI=1S/C17H28O5Si/c1-17(2,3)23(6,7)22-14(11-16(18)19)12-8-9-13(20-4)15(10-12)21-5/h8-10,14H,11H2,1-7H3,(H,18,19)/t14-/m0/s1. The third-order valence-corrected chi connectivity index (χ3v) is 8.87. The zero-order chi connectivity index (χ0) is 17.8. The molecule has 1 rings (SSSR count). The van der Waals surface area contributed by atoms with Gasteiger partial charge in [-0.1, -0.05) is 26.8 Å². The zero-order valence-corrected chi connectivity index (χ0v) is 16.1. The molecule has 23 heavy (non-hydrogen) atoms. The molecule has 1 N–H and O–H groups in total. The quantitative estimate of drug-likeness (QED) is 0.752. The molecule has 0 bridgehead atoms. The van der Waals surface area contributed by atoms with Crippen LogP contribution in [0.2, 0.25) is 18.1 Å². The number of hydrogen-bond donors (Lipinski definition) is 1. The number of carboxylic acid groups (broad SMARTS) is 1. The van der Waals surface area contributed by atoms with Gasteiger partial charge in [0.15, 0.2) is 19.8 Å². The number of methoxy groups -OCH3 is 2. The van der Waals surface area contributed by atoms with E-state index in [1.165, 1.54) is 0 Å². The van der Waals surface area contributed by atoms with E-state index in [1.54, 1.807) is 26.4 Å².